The summed E-state index contributed by atoms with van der Waals surface area (Å²) >= 11 is 0. The predicted octanol–water partition coefficient (Wildman–Crippen LogP) is 4.41. The molecule has 1 heterocycles. The van der Waals surface area contributed by atoms with Gasteiger partial charge in [-0.3, -0.25) is 9.59 Å². The highest BCUT2D eigenvalue weighted by Gasteiger charge is 2.34. The Balaban J connectivity index is 1.60. The first-order valence-electron chi connectivity index (χ1n) is 10.6. The molecule has 8 heteroatoms. The Hall–Kier alpha value is -4.20. The van der Waals surface area contributed by atoms with Gasteiger partial charge in [0.05, 0.1) is 26.0 Å². The van der Waals surface area contributed by atoms with Crippen LogP contribution in [0.5, 0.6) is 17.2 Å². The van der Waals surface area contributed by atoms with Crippen LogP contribution in [-0.4, -0.2) is 43.7 Å². The van der Waals surface area contributed by atoms with Crippen molar-refractivity contribution in [2.75, 3.05) is 20.8 Å². The molecule has 0 fully saturated rings. The van der Waals surface area contributed by atoms with Crippen LogP contribution in [0.1, 0.15) is 33.9 Å². The topological polar surface area (TPSA) is 77.4 Å². The second-order valence-electron chi connectivity index (χ2n) is 7.60. The Morgan fingerprint density at radius 2 is 1.74 bits per heavy atom. The van der Waals surface area contributed by atoms with Gasteiger partial charge in [0.1, 0.15) is 17.9 Å². The fourth-order valence-corrected chi connectivity index (χ4v) is 3.73. The molecule has 7 nitrogen and oxygen atoms in total. The summed E-state index contributed by atoms with van der Waals surface area (Å²) in [5, 5.41) is 5.95. The number of hydrazone groups is 1. The smallest absolute Gasteiger partial charge is 0.281 e. The maximum absolute atomic E-state index is 13.4. The van der Waals surface area contributed by atoms with E-state index in [-0.39, 0.29) is 18.3 Å². The van der Waals surface area contributed by atoms with E-state index in [0.29, 0.717) is 34.9 Å². The second-order valence-corrected chi connectivity index (χ2v) is 7.60. The average Bonchev–Trinajstić information content (AvgIpc) is 3.33. The minimum atomic E-state index is -0.409. The number of halogens is 1. The first-order valence-corrected chi connectivity index (χ1v) is 10.6. The van der Waals surface area contributed by atoms with Gasteiger partial charge in [-0.15, -0.1) is 0 Å². The molecule has 3 aromatic rings. The number of carbonyl (C=O) groups is 2. The van der Waals surface area contributed by atoms with Crippen molar-refractivity contribution in [3.63, 3.8) is 0 Å². The minimum absolute atomic E-state index is 0.246. The SMILES string of the molecule is COc1ccc(C2CC(c3ccc(F)cc3)=NN2C(=O)COc2ccc(C=O)cc2)cc1OC. The van der Waals surface area contributed by atoms with E-state index in [2.05, 4.69) is 5.10 Å². The Labute approximate surface area is 196 Å². The standard InChI is InChI=1S/C26H23FN2O5/c1-32-24-12-7-19(13-25(24)33-2)23-14-22(18-5-8-20(27)9-6-18)28-29(23)26(31)16-34-21-10-3-17(15-30)4-11-21/h3-13,15,23H,14,16H2,1-2H3. The van der Waals surface area contributed by atoms with Crippen molar-refractivity contribution in [1.82, 2.24) is 5.01 Å². The van der Waals surface area contributed by atoms with Gasteiger partial charge in [-0.25, -0.2) is 9.40 Å². The van der Waals surface area contributed by atoms with Crippen molar-refractivity contribution < 1.29 is 28.2 Å². The molecular formula is C26H23FN2O5. The van der Waals surface area contributed by atoms with Crippen LogP contribution in [0, 0.1) is 5.82 Å². The number of aldehydes is 1. The highest BCUT2D eigenvalue weighted by Crippen LogP contribution is 2.37. The lowest BCUT2D eigenvalue weighted by Crippen LogP contribution is -2.31. The highest BCUT2D eigenvalue weighted by atomic mass is 19.1. The van der Waals surface area contributed by atoms with Crippen molar-refractivity contribution in [3.05, 3.63) is 89.2 Å². The molecule has 0 aliphatic carbocycles. The van der Waals surface area contributed by atoms with Crippen molar-refractivity contribution >= 4 is 17.9 Å². The molecule has 34 heavy (non-hydrogen) atoms. The Bertz CT molecular complexity index is 1210. The van der Waals surface area contributed by atoms with E-state index in [4.69, 9.17) is 14.2 Å². The lowest BCUT2D eigenvalue weighted by molar-refractivity contribution is -0.135. The summed E-state index contributed by atoms with van der Waals surface area (Å²) in [6.07, 6.45) is 1.17. The summed E-state index contributed by atoms with van der Waals surface area (Å²) in [6, 6.07) is 17.5. The summed E-state index contributed by atoms with van der Waals surface area (Å²) < 4.78 is 29.8. The number of nitrogens with zero attached hydrogens (tertiary/aromatic N) is 2. The van der Waals surface area contributed by atoms with Crippen LogP contribution >= 0.6 is 0 Å². The van der Waals surface area contributed by atoms with Crippen LogP contribution in [0.15, 0.2) is 71.8 Å². The third kappa shape index (κ3) is 4.91. The number of ether oxygens (including phenoxy) is 3. The van der Waals surface area contributed by atoms with E-state index in [9.17, 15) is 14.0 Å². The zero-order chi connectivity index (χ0) is 24.1. The normalized spacial score (nSPS) is 15.0. The number of hydrogen-bond acceptors (Lipinski definition) is 6. The number of benzene rings is 3. The van der Waals surface area contributed by atoms with E-state index in [1.165, 1.54) is 17.1 Å². The van der Waals surface area contributed by atoms with E-state index in [1.54, 1.807) is 56.7 Å². The van der Waals surface area contributed by atoms with E-state index in [1.807, 2.05) is 12.1 Å². The van der Waals surface area contributed by atoms with Gasteiger partial charge in [-0.2, -0.15) is 5.10 Å². The van der Waals surface area contributed by atoms with Crippen LogP contribution in [-0.2, 0) is 4.79 Å². The molecule has 0 bridgehead atoms. The first kappa shape index (κ1) is 23.0. The summed E-state index contributed by atoms with van der Waals surface area (Å²) in [7, 11) is 3.10. The Morgan fingerprint density at radius 1 is 1.03 bits per heavy atom. The van der Waals surface area contributed by atoms with Gasteiger partial charge in [-0.1, -0.05) is 18.2 Å². The number of hydrogen-bond donors (Lipinski definition) is 0. The molecule has 0 aromatic heterocycles. The molecule has 1 unspecified atom stereocenters. The summed E-state index contributed by atoms with van der Waals surface area (Å²) in [5.41, 5.74) is 2.71. The number of methoxy groups -OCH3 is 2. The van der Waals surface area contributed by atoms with Crippen LogP contribution in [0.4, 0.5) is 4.39 Å². The van der Waals surface area contributed by atoms with Gasteiger partial charge in [0.15, 0.2) is 18.1 Å². The predicted molar refractivity (Wildman–Crippen MR) is 124 cm³/mol. The monoisotopic (exact) mass is 462 g/mol. The van der Waals surface area contributed by atoms with E-state index >= 15 is 0 Å². The fraction of sp³-hybridized carbons (Fsp3) is 0.192. The molecule has 4 rings (SSSR count). The van der Waals surface area contributed by atoms with Gasteiger partial charge >= 0.3 is 0 Å². The number of carbonyl (C=O) groups excluding carboxylic acids is 2. The molecular weight excluding hydrogens is 439 g/mol. The third-order valence-corrected chi connectivity index (χ3v) is 5.51. The first-order chi connectivity index (χ1) is 16.5. The van der Waals surface area contributed by atoms with E-state index in [0.717, 1.165) is 17.4 Å². The van der Waals surface area contributed by atoms with E-state index < -0.39 is 6.04 Å². The van der Waals surface area contributed by atoms with Crippen molar-refractivity contribution in [2.24, 2.45) is 5.10 Å². The average molecular weight is 462 g/mol. The van der Waals surface area contributed by atoms with Crippen LogP contribution < -0.4 is 14.2 Å². The van der Waals surface area contributed by atoms with Gasteiger partial charge in [0, 0.05) is 12.0 Å². The number of rotatable bonds is 8. The Morgan fingerprint density at radius 3 is 2.38 bits per heavy atom. The molecule has 0 radical (unpaired) electrons. The van der Waals surface area contributed by atoms with Gasteiger partial charge in [-0.05, 0) is 59.7 Å². The summed E-state index contributed by atoms with van der Waals surface area (Å²) in [6.45, 7) is -0.246. The molecule has 1 aliphatic heterocycles. The molecule has 1 aliphatic rings. The zero-order valence-corrected chi connectivity index (χ0v) is 18.7. The Kier molecular flexibility index (Phi) is 6.87. The van der Waals surface area contributed by atoms with Crippen molar-refractivity contribution in [2.45, 2.75) is 12.5 Å². The highest BCUT2D eigenvalue weighted by molar-refractivity contribution is 6.03. The maximum atomic E-state index is 13.4. The molecule has 1 atom stereocenters. The lowest BCUT2D eigenvalue weighted by atomic mass is 9.98. The van der Waals surface area contributed by atoms with Crippen molar-refractivity contribution in [1.29, 1.82) is 0 Å². The summed E-state index contributed by atoms with van der Waals surface area (Å²) in [4.78, 5) is 24.0. The molecule has 0 spiro atoms. The fourth-order valence-electron chi connectivity index (χ4n) is 3.73. The molecule has 0 saturated heterocycles. The summed E-state index contributed by atoms with van der Waals surface area (Å²) in [5.74, 6) is 0.874. The van der Waals surface area contributed by atoms with Crippen LogP contribution in [0.2, 0.25) is 0 Å². The molecule has 1 amide bonds. The van der Waals surface area contributed by atoms with Gasteiger partial charge < -0.3 is 14.2 Å². The molecule has 174 valence electrons. The lowest BCUT2D eigenvalue weighted by Gasteiger charge is -2.23. The van der Waals surface area contributed by atoms with Crippen LogP contribution in [0.25, 0.3) is 0 Å². The second kappa shape index (κ2) is 10.2. The maximum Gasteiger partial charge on any atom is 0.281 e. The van der Waals surface area contributed by atoms with Crippen molar-refractivity contribution in [3.8, 4) is 17.2 Å². The minimum Gasteiger partial charge on any atom is -0.493 e. The van der Waals surface area contributed by atoms with Gasteiger partial charge in [0.2, 0.25) is 0 Å². The van der Waals surface area contributed by atoms with Gasteiger partial charge in [0.25, 0.3) is 5.91 Å². The largest absolute Gasteiger partial charge is 0.493 e. The third-order valence-electron chi connectivity index (χ3n) is 5.51. The zero-order valence-electron chi connectivity index (χ0n) is 18.7. The quantitative estimate of drug-likeness (QED) is 0.464. The number of amides is 1. The molecule has 0 N–H and O–H groups in total. The molecule has 0 saturated carbocycles. The van der Waals surface area contributed by atoms with Crippen LogP contribution in [0.3, 0.4) is 0 Å². The molecule has 3 aromatic carbocycles.